The second-order valence-electron chi connectivity index (χ2n) is 6.26. The number of hydrogen-bond acceptors (Lipinski definition) is 6. The van der Waals surface area contributed by atoms with Gasteiger partial charge in [-0.3, -0.25) is 0 Å². The summed E-state index contributed by atoms with van der Waals surface area (Å²) < 4.78 is 21.3. The van der Waals surface area contributed by atoms with Crippen molar-refractivity contribution >= 4 is 6.08 Å². The zero-order chi connectivity index (χ0) is 19.2. The first-order valence-electron chi connectivity index (χ1n) is 8.71. The molecule has 2 aromatic carbocycles. The van der Waals surface area contributed by atoms with Crippen molar-refractivity contribution in [3.05, 3.63) is 53.1 Å². The van der Waals surface area contributed by atoms with E-state index in [4.69, 9.17) is 18.9 Å². The SMILES string of the molecule is COc1ccc(CC(CO)C(=Cc2ccc3c(c2)OCO3)CO)cc1OC. The molecule has 0 radical (unpaired) electrons. The Balaban J connectivity index is 1.82. The average Bonchev–Trinajstić information content (AvgIpc) is 3.18. The molecule has 1 aliphatic heterocycles. The maximum absolute atomic E-state index is 9.90. The summed E-state index contributed by atoms with van der Waals surface area (Å²) in [6.45, 7) is -0.00776. The summed E-state index contributed by atoms with van der Waals surface area (Å²) in [7, 11) is 3.18. The van der Waals surface area contributed by atoms with E-state index in [0.717, 1.165) is 16.7 Å². The molecule has 0 saturated carbocycles. The summed E-state index contributed by atoms with van der Waals surface area (Å²) in [5.74, 6) is 2.46. The topological polar surface area (TPSA) is 77.4 Å². The van der Waals surface area contributed by atoms with E-state index in [1.165, 1.54) is 0 Å². The number of aliphatic hydroxyl groups excluding tert-OH is 2. The van der Waals surface area contributed by atoms with Crippen LogP contribution in [0.4, 0.5) is 0 Å². The van der Waals surface area contributed by atoms with Gasteiger partial charge in [0.25, 0.3) is 0 Å². The van der Waals surface area contributed by atoms with Gasteiger partial charge in [0, 0.05) is 5.92 Å². The van der Waals surface area contributed by atoms with Crippen LogP contribution in [-0.4, -0.2) is 44.4 Å². The molecule has 1 heterocycles. The standard InChI is InChI=1S/C21H24O6/c1-24-18-5-3-14(9-20(18)25-2)7-16(11-22)17(12-23)8-15-4-6-19-21(10-15)27-13-26-19/h3-6,8-10,16,22-23H,7,11-13H2,1-2H3. The van der Waals surface area contributed by atoms with E-state index in [1.807, 2.05) is 42.5 Å². The molecular formula is C21H24O6. The van der Waals surface area contributed by atoms with Crippen molar-refractivity contribution in [2.45, 2.75) is 6.42 Å². The molecule has 0 fully saturated rings. The summed E-state index contributed by atoms with van der Waals surface area (Å²) in [5.41, 5.74) is 2.61. The predicted octanol–water partition coefficient (Wildman–Crippen LogP) is 2.66. The first kappa shape index (κ1) is 19.1. The number of aliphatic hydroxyl groups is 2. The fourth-order valence-electron chi connectivity index (χ4n) is 3.11. The van der Waals surface area contributed by atoms with E-state index >= 15 is 0 Å². The third kappa shape index (κ3) is 4.35. The second kappa shape index (κ2) is 8.79. The monoisotopic (exact) mass is 372 g/mol. The first-order chi connectivity index (χ1) is 13.2. The van der Waals surface area contributed by atoms with Gasteiger partial charge in [-0.1, -0.05) is 18.2 Å². The minimum Gasteiger partial charge on any atom is -0.493 e. The molecule has 1 unspecified atom stereocenters. The van der Waals surface area contributed by atoms with Gasteiger partial charge < -0.3 is 29.2 Å². The van der Waals surface area contributed by atoms with Crippen LogP contribution in [0.3, 0.4) is 0 Å². The number of fused-ring (bicyclic) bond motifs is 1. The van der Waals surface area contributed by atoms with Crippen LogP contribution in [0.1, 0.15) is 11.1 Å². The minimum absolute atomic E-state index is 0.0781. The second-order valence-corrected chi connectivity index (χ2v) is 6.26. The maximum Gasteiger partial charge on any atom is 0.231 e. The van der Waals surface area contributed by atoms with Gasteiger partial charge in [-0.25, -0.2) is 0 Å². The Morgan fingerprint density at radius 2 is 1.81 bits per heavy atom. The van der Waals surface area contributed by atoms with Crippen molar-refractivity contribution in [3.8, 4) is 23.0 Å². The smallest absolute Gasteiger partial charge is 0.231 e. The number of ether oxygens (including phenoxy) is 4. The van der Waals surface area contributed by atoms with E-state index in [2.05, 4.69) is 0 Å². The van der Waals surface area contributed by atoms with Gasteiger partial charge >= 0.3 is 0 Å². The van der Waals surface area contributed by atoms with Crippen LogP contribution in [-0.2, 0) is 6.42 Å². The van der Waals surface area contributed by atoms with Crippen molar-refractivity contribution in [1.29, 1.82) is 0 Å². The lowest BCUT2D eigenvalue weighted by Gasteiger charge is -2.18. The van der Waals surface area contributed by atoms with Gasteiger partial charge in [0.05, 0.1) is 27.4 Å². The van der Waals surface area contributed by atoms with Gasteiger partial charge in [0.15, 0.2) is 23.0 Å². The molecule has 0 aliphatic carbocycles. The van der Waals surface area contributed by atoms with Crippen LogP contribution < -0.4 is 18.9 Å². The Hall–Kier alpha value is -2.70. The fraction of sp³-hybridized carbons (Fsp3) is 0.333. The number of rotatable bonds is 8. The van der Waals surface area contributed by atoms with Crippen molar-refractivity contribution in [3.63, 3.8) is 0 Å². The molecule has 2 aromatic rings. The van der Waals surface area contributed by atoms with Crippen molar-refractivity contribution in [1.82, 2.24) is 0 Å². The fourth-order valence-corrected chi connectivity index (χ4v) is 3.11. The third-order valence-corrected chi connectivity index (χ3v) is 4.61. The number of hydrogen-bond donors (Lipinski definition) is 2. The summed E-state index contributed by atoms with van der Waals surface area (Å²) in [5, 5.41) is 19.8. The Morgan fingerprint density at radius 1 is 1.04 bits per heavy atom. The third-order valence-electron chi connectivity index (χ3n) is 4.61. The Bertz CT molecular complexity index is 814. The molecule has 0 saturated heterocycles. The van der Waals surface area contributed by atoms with E-state index in [-0.39, 0.29) is 25.9 Å². The lowest BCUT2D eigenvalue weighted by molar-refractivity contribution is 0.174. The number of benzene rings is 2. The van der Waals surface area contributed by atoms with Crippen LogP contribution >= 0.6 is 0 Å². The van der Waals surface area contributed by atoms with Gasteiger partial charge in [-0.15, -0.1) is 0 Å². The summed E-state index contributed by atoms with van der Waals surface area (Å²) in [6.07, 6.45) is 2.44. The van der Waals surface area contributed by atoms with Crippen LogP contribution in [0, 0.1) is 5.92 Å². The molecule has 0 bridgehead atoms. The van der Waals surface area contributed by atoms with E-state index < -0.39 is 0 Å². The lowest BCUT2D eigenvalue weighted by atomic mass is 9.91. The van der Waals surface area contributed by atoms with Gasteiger partial charge in [0.1, 0.15) is 0 Å². The van der Waals surface area contributed by atoms with Crippen molar-refractivity contribution in [2.75, 3.05) is 34.2 Å². The zero-order valence-electron chi connectivity index (χ0n) is 15.5. The molecule has 1 aliphatic rings. The molecule has 1 atom stereocenters. The predicted molar refractivity (Wildman–Crippen MR) is 101 cm³/mol. The van der Waals surface area contributed by atoms with Crippen LogP contribution in [0.15, 0.2) is 42.0 Å². The number of methoxy groups -OCH3 is 2. The molecule has 144 valence electrons. The molecule has 0 amide bonds. The Morgan fingerprint density at radius 3 is 2.52 bits per heavy atom. The van der Waals surface area contributed by atoms with Gasteiger partial charge in [-0.2, -0.15) is 0 Å². The van der Waals surface area contributed by atoms with Crippen LogP contribution in [0.25, 0.3) is 6.08 Å². The largest absolute Gasteiger partial charge is 0.493 e. The highest BCUT2D eigenvalue weighted by molar-refractivity contribution is 5.59. The lowest BCUT2D eigenvalue weighted by Crippen LogP contribution is -2.15. The quantitative estimate of drug-likeness (QED) is 0.742. The van der Waals surface area contributed by atoms with Gasteiger partial charge in [-0.05, 0) is 47.4 Å². The Labute approximate surface area is 158 Å². The highest BCUT2D eigenvalue weighted by atomic mass is 16.7. The summed E-state index contributed by atoms with van der Waals surface area (Å²) in [4.78, 5) is 0. The van der Waals surface area contributed by atoms with Crippen molar-refractivity contribution < 1.29 is 29.2 Å². The molecule has 6 heteroatoms. The average molecular weight is 372 g/mol. The zero-order valence-corrected chi connectivity index (χ0v) is 15.5. The van der Waals surface area contributed by atoms with Crippen LogP contribution in [0.5, 0.6) is 23.0 Å². The molecule has 0 aromatic heterocycles. The van der Waals surface area contributed by atoms with Crippen molar-refractivity contribution in [2.24, 2.45) is 5.92 Å². The highest BCUT2D eigenvalue weighted by Gasteiger charge is 2.17. The normalized spacial score (nSPS) is 14.1. The summed E-state index contributed by atoms with van der Waals surface area (Å²) >= 11 is 0. The summed E-state index contributed by atoms with van der Waals surface area (Å²) in [6, 6.07) is 11.3. The van der Waals surface area contributed by atoms with E-state index in [1.54, 1.807) is 14.2 Å². The molecule has 2 N–H and O–H groups in total. The molecule has 0 spiro atoms. The molecule has 6 nitrogen and oxygen atoms in total. The molecular weight excluding hydrogens is 348 g/mol. The first-order valence-corrected chi connectivity index (χ1v) is 8.71. The molecule has 27 heavy (non-hydrogen) atoms. The minimum atomic E-state index is -0.224. The highest BCUT2D eigenvalue weighted by Crippen LogP contribution is 2.34. The molecule has 3 rings (SSSR count). The maximum atomic E-state index is 9.90. The van der Waals surface area contributed by atoms with Gasteiger partial charge in [0.2, 0.25) is 6.79 Å². The van der Waals surface area contributed by atoms with Crippen LogP contribution in [0.2, 0.25) is 0 Å². The van der Waals surface area contributed by atoms with E-state index in [9.17, 15) is 10.2 Å². The van der Waals surface area contributed by atoms with E-state index in [0.29, 0.717) is 29.4 Å². The Kier molecular flexibility index (Phi) is 6.21.